The second-order valence-electron chi connectivity index (χ2n) is 2.89. The molecule has 0 radical (unpaired) electrons. The standard InChI is InChI=1S/C8H12O2/c9-5-1-2-7-3-4-8(10)6-7/h5,7H,1-4,6H2. The quantitative estimate of drug-likeness (QED) is 0.554. The zero-order valence-electron chi connectivity index (χ0n) is 6.01. The molecule has 0 aliphatic heterocycles. The van der Waals surface area contributed by atoms with Crippen molar-refractivity contribution in [2.75, 3.05) is 0 Å². The molecular weight excluding hydrogens is 128 g/mol. The van der Waals surface area contributed by atoms with Gasteiger partial charge >= 0.3 is 0 Å². The van der Waals surface area contributed by atoms with Gasteiger partial charge in [-0.25, -0.2) is 0 Å². The van der Waals surface area contributed by atoms with E-state index in [1.54, 1.807) is 0 Å². The summed E-state index contributed by atoms with van der Waals surface area (Å²) in [5, 5.41) is 0. The van der Waals surface area contributed by atoms with Crippen LogP contribution in [-0.2, 0) is 9.59 Å². The molecule has 1 fully saturated rings. The van der Waals surface area contributed by atoms with Crippen LogP contribution in [0, 0.1) is 5.92 Å². The normalized spacial score (nSPS) is 25.2. The molecule has 2 heteroatoms. The van der Waals surface area contributed by atoms with Crippen molar-refractivity contribution in [2.24, 2.45) is 5.92 Å². The van der Waals surface area contributed by atoms with E-state index >= 15 is 0 Å². The van der Waals surface area contributed by atoms with Crippen molar-refractivity contribution in [1.82, 2.24) is 0 Å². The van der Waals surface area contributed by atoms with Crippen molar-refractivity contribution in [1.29, 1.82) is 0 Å². The van der Waals surface area contributed by atoms with Crippen molar-refractivity contribution in [3.63, 3.8) is 0 Å². The van der Waals surface area contributed by atoms with Crippen LogP contribution in [0.25, 0.3) is 0 Å². The number of Topliss-reactive ketones (excluding diaryl/α,β-unsaturated/α-hetero) is 1. The fourth-order valence-electron chi connectivity index (χ4n) is 1.44. The van der Waals surface area contributed by atoms with Gasteiger partial charge in [0, 0.05) is 19.3 Å². The number of carbonyl (C=O) groups is 2. The molecule has 0 amide bonds. The summed E-state index contributed by atoms with van der Waals surface area (Å²) in [5.41, 5.74) is 0. The van der Waals surface area contributed by atoms with Gasteiger partial charge in [0.1, 0.15) is 12.1 Å². The molecule has 0 aromatic rings. The SMILES string of the molecule is O=CCCC1CCC(=O)C1. The summed E-state index contributed by atoms with van der Waals surface area (Å²) >= 11 is 0. The molecule has 56 valence electrons. The van der Waals surface area contributed by atoms with Crippen LogP contribution in [0.3, 0.4) is 0 Å². The van der Waals surface area contributed by atoms with Crippen molar-refractivity contribution >= 4 is 12.1 Å². The molecule has 1 aliphatic rings. The number of ketones is 1. The summed E-state index contributed by atoms with van der Waals surface area (Å²) in [4.78, 5) is 20.7. The Balaban J connectivity index is 2.18. The maximum atomic E-state index is 10.7. The molecule has 10 heavy (non-hydrogen) atoms. The van der Waals surface area contributed by atoms with E-state index in [-0.39, 0.29) is 0 Å². The second-order valence-corrected chi connectivity index (χ2v) is 2.89. The first-order valence-corrected chi connectivity index (χ1v) is 3.78. The Kier molecular flexibility index (Phi) is 2.60. The van der Waals surface area contributed by atoms with Crippen molar-refractivity contribution < 1.29 is 9.59 Å². The van der Waals surface area contributed by atoms with Crippen LogP contribution < -0.4 is 0 Å². The van der Waals surface area contributed by atoms with Crippen LogP contribution in [0.2, 0.25) is 0 Å². The van der Waals surface area contributed by atoms with Crippen molar-refractivity contribution in [2.45, 2.75) is 32.1 Å². The number of hydrogen-bond donors (Lipinski definition) is 0. The summed E-state index contributed by atoms with van der Waals surface area (Å²) in [7, 11) is 0. The van der Waals surface area contributed by atoms with Gasteiger partial charge in [-0.3, -0.25) is 4.79 Å². The van der Waals surface area contributed by atoms with Gasteiger partial charge in [-0.05, 0) is 18.8 Å². The average Bonchev–Trinajstić information content (AvgIpc) is 2.31. The molecule has 1 atom stereocenters. The first kappa shape index (κ1) is 7.45. The van der Waals surface area contributed by atoms with Crippen LogP contribution in [0.5, 0.6) is 0 Å². The van der Waals surface area contributed by atoms with Crippen LogP contribution >= 0.6 is 0 Å². The molecule has 0 aromatic carbocycles. The van der Waals surface area contributed by atoms with Gasteiger partial charge < -0.3 is 4.79 Å². The predicted octanol–water partition coefficient (Wildman–Crippen LogP) is 1.33. The van der Waals surface area contributed by atoms with E-state index < -0.39 is 0 Å². The lowest BCUT2D eigenvalue weighted by Crippen LogP contribution is -1.95. The topological polar surface area (TPSA) is 34.1 Å². The van der Waals surface area contributed by atoms with E-state index in [0.717, 1.165) is 25.5 Å². The zero-order chi connectivity index (χ0) is 7.40. The first-order valence-electron chi connectivity index (χ1n) is 3.78. The minimum atomic E-state index is 0.371. The van der Waals surface area contributed by atoms with Gasteiger partial charge in [-0.1, -0.05) is 0 Å². The minimum absolute atomic E-state index is 0.371. The van der Waals surface area contributed by atoms with Gasteiger partial charge in [0.25, 0.3) is 0 Å². The average molecular weight is 140 g/mol. The van der Waals surface area contributed by atoms with E-state index in [0.29, 0.717) is 24.5 Å². The van der Waals surface area contributed by atoms with Crippen molar-refractivity contribution in [3.05, 3.63) is 0 Å². The van der Waals surface area contributed by atoms with Crippen LogP contribution in [0.15, 0.2) is 0 Å². The third-order valence-corrected chi connectivity index (χ3v) is 2.04. The Morgan fingerprint density at radius 1 is 1.60 bits per heavy atom. The van der Waals surface area contributed by atoms with E-state index in [2.05, 4.69) is 0 Å². The molecule has 0 aromatic heterocycles. The second kappa shape index (κ2) is 3.49. The highest BCUT2D eigenvalue weighted by Gasteiger charge is 2.20. The van der Waals surface area contributed by atoms with E-state index in [4.69, 9.17) is 0 Å². The molecule has 0 spiro atoms. The highest BCUT2D eigenvalue weighted by Crippen LogP contribution is 2.25. The third-order valence-electron chi connectivity index (χ3n) is 2.04. The Morgan fingerprint density at radius 3 is 2.90 bits per heavy atom. The van der Waals surface area contributed by atoms with Crippen molar-refractivity contribution in [3.8, 4) is 0 Å². The number of rotatable bonds is 3. The summed E-state index contributed by atoms with van der Waals surface area (Å²) in [6.45, 7) is 0. The molecule has 0 saturated heterocycles. The zero-order valence-corrected chi connectivity index (χ0v) is 6.01. The lowest BCUT2D eigenvalue weighted by atomic mass is 10.0. The molecular formula is C8H12O2. The molecule has 2 nitrogen and oxygen atoms in total. The molecule has 0 heterocycles. The maximum Gasteiger partial charge on any atom is 0.133 e. The van der Waals surface area contributed by atoms with Gasteiger partial charge in [0.15, 0.2) is 0 Å². The van der Waals surface area contributed by atoms with E-state index in [1.807, 2.05) is 0 Å². The monoisotopic (exact) mass is 140 g/mol. The first-order chi connectivity index (χ1) is 4.83. The Labute approximate surface area is 60.6 Å². The summed E-state index contributed by atoms with van der Waals surface area (Å²) in [6.07, 6.45) is 4.93. The Hall–Kier alpha value is -0.660. The lowest BCUT2D eigenvalue weighted by Gasteiger charge is -2.01. The van der Waals surface area contributed by atoms with Crippen LogP contribution in [0.1, 0.15) is 32.1 Å². The van der Waals surface area contributed by atoms with E-state index in [9.17, 15) is 9.59 Å². The molecule has 1 unspecified atom stereocenters. The molecule has 1 saturated carbocycles. The predicted molar refractivity (Wildman–Crippen MR) is 37.6 cm³/mol. The number of aldehydes is 1. The molecule has 1 rings (SSSR count). The smallest absolute Gasteiger partial charge is 0.133 e. The molecule has 0 N–H and O–H groups in total. The van der Waals surface area contributed by atoms with Gasteiger partial charge in [-0.2, -0.15) is 0 Å². The van der Waals surface area contributed by atoms with Gasteiger partial charge in [-0.15, -0.1) is 0 Å². The third kappa shape index (κ3) is 1.94. The fourth-order valence-corrected chi connectivity index (χ4v) is 1.44. The highest BCUT2D eigenvalue weighted by molar-refractivity contribution is 5.80. The van der Waals surface area contributed by atoms with Gasteiger partial charge in [0.05, 0.1) is 0 Å². The van der Waals surface area contributed by atoms with Crippen LogP contribution in [0.4, 0.5) is 0 Å². The summed E-state index contributed by atoms with van der Waals surface area (Å²) in [6, 6.07) is 0. The molecule has 1 aliphatic carbocycles. The number of carbonyl (C=O) groups excluding carboxylic acids is 2. The maximum absolute atomic E-state index is 10.7. The lowest BCUT2D eigenvalue weighted by molar-refractivity contribution is -0.117. The Bertz CT molecular complexity index is 140. The minimum Gasteiger partial charge on any atom is -0.303 e. The summed E-state index contributed by atoms with van der Waals surface area (Å²) in [5.74, 6) is 0.883. The largest absolute Gasteiger partial charge is 0.303 e. The number of hydrogen-bond acceptors (Lipinski definition) is 2. The molecule has 0 bridgehead atoms. The highest BCUT2D eigenvalue weighted by atomic mass is 16.1. The van der Waals surface area contributed by atoms with Gasteiger partial charge in [0.2, 0.25) is 0 Å². The fraction of sp³-hybridized carbons (Fsp3) is 0.750. The summed E-state index contributed by atoms with van der Waals surface area (Å²) < 4.78 is 0. The van der Waals surface area contributed by atoms with Crippen LogP contribution in [-0.4, -0.2) is 12.1 Å². The van der Waals surface area contributed by atoms with E-state index in [1.165, 1.54) is 0 Å². The Morgan fingerprint density at radius 2 is 2.40 bits per heavy atom.